The first-order valence-corrected chi connectivity index (χ1v) is 7.65. The van der Waals surface area contributed by atoms with Crippen molar-refractivity contribution in [3.05, 3.63) is 32.7 Å². The molecular formula is C13H16Br2N2O. The van der Waals surface area contributed by atoms with Gasteiger partial charge in [0.2, 0.25) is 0 Å². The number of piperidine rings is 1. The highest BCUT2D eigenvalue weighted by molar-refractivity contribution is 9.11. The minimum Gasteiger partial charge on any atom is -0.339 e. The van der Waals surface area contributed by atoms with E-state index < -0.39 is 0 Å². The molecule has 2 N–H and O–H groups in total. The van der Waals surface area contributed by atoms with E-state index in [-0.39, 0.29) is 5.91 Å². The molecule has 0 bridgehead atoms. The van der Waals surface area contributed by atoms with Gasteiger partial charge in [-0.05, 0) is 59.4 Å². The molecule has 98 valence electrons. The van der Waals surface area contributed by atoms with Crippen LogP contribution >= 0.6 is 31.9 Å². The van der Waals surface area contributed by atoms with Crippen molar-refractivity contribution in [3.8, 4) is 0 Å². The summed E-state index contributed by atoms with van der Waals surface area (Å²) in [4.78, 5) is 14.3. The Morgan fingerprint density at radius 1 is 1.33 bits per heavy atom. The van der Waals surface area contributed by atoms with Gasteiger partial charge in [0.15, 0.2) is 0 Å². The van der Waals surface area contributed by atoms with Gasteiger partial charge < -0.3 is 10.6 Å². The fraction of sp³-hybridized carbons (Fsp3) is 0.462. The maximum atomic E-state index is 12.4. The molecule has 0 aliphatic carbocycles. The number of benzene rings is 1. The molecule has 5 heteroatoms. The Bertz CT molecular complexity index is 443. The van der Waals surface area contributed by atoms with Crippen molar-refractivity contribution >= 4 is 37.8 Å². The third-order valence-corrected chi connectivity index (χ3v) is 4.55. The summed E-state index contributed by atoms with van der Waals surface area (Å²) in [6.07, 6.45) is 2.02. The van der Waals surface area contributed by atoms with Crippen molar-refractivity contribution in [1.82, 2.24) is 4.90 Å². The van der Waals surface area contributed by atoms with Crippen LogP contribution in [0, 0.1) is 5.92 Å². The van der Waals surface area contributed by atoms with Crippen molar-refractivity contribution in [1.29, 1.82) is 0 Å². The molecule has 3 nitrogen and oxygen atoms in total. The van der Waals surface area contributed by atoms with Crippen LogP contribution in [0.15, 0.2) is 27.1 Å². The summed E-state index contributed by atoms with van der Waals surface area (Å²) in [5.74, 6) is 0.673. The third-order valence-electron chi connectivity index (χ3n) is 3.40. The van der Waals surface area contributed by atoms with Gasteiger partial charge in [0.25, 0.3) is 5.91 Å². The molecule has 1 amide bonds. The summed E-state index contributed by atoms with van der Waals surface area (Å²) < 4.78 is 1.80. The first-order chi connectivity index (χ1) is 8.61. The van der Waals surface area contributed by atoms with Crippen LogP contribution in [0.2, 0.25) is 0 Å². The molecule has 1 aromatic rings. The van der Waals surface area contributed by atoms with Gasteiger partial charge in [0.1, 0.15) is 0 Å². The zero-order chi connectivity index (χ0) is 13.1. The number of carbonyl (C=O) groups excluding carboxylic acids is 1. The van der Waals surface area contributed by atoms with Gasteiger partial charge in [-0.25, -0.2) is 0 Å². The number of hydrogen-bond acceptors (Lipinski definition) is 2. The predicted molar refractivity (Wildman–Crippen MR) is 79.5 cm³/mol. The zero-order valence-corrected chi connectivity index (χ0v) is 13.2. The Labute approximate surface area is 124 Å². The number of nitrogens with two attached hydrogens (primary N) is 1. The molecule has 0 radical (unpaired) electrons. The van der Waals surface area contributed by atoms with Crippen LogP contribution in [0.3, 0.4) is 0 Å². The summed E-state index contributed by atoms with van der Waals surface area (Å²) in [6, 6.07) is 5.65. The summed E-state index contributed by atoms with van der Waals surface area (Å²) >= 11 is 6.83. The van der Waals surface area contributed by atoms with Crippen molar-refractivity contribution in [2.45, 2.75) is 12.8 Å². The Hall–Kier alpha value is -0.390. The second-order valence-corrected chi connectivity index (χ2v) is 6.37. The molecule has 0 unspecified atom stereocenters. The van der Waals surface area contributed by atoms with Crippen LogP contribution in [0.4, 0.5) is 0 Å². The maximum absolute atomic E-state index is 12.4. The van der Waals surface area contributed by atoms with E-state index in [2.05, 4.69) is 31.9 Å². The molecule has 2 rings (SSSR count). The Kier molecular flexibility index (Phi) is 4.81. The molecule has 1 aliphatic rings. The number of nitrogens with zero attached hydrogens (tertiary/aromatic N) is 1. The minimum absolute atomic E-state index is 0.102. The number of amides is 1. The van der Waals surface area contributed by atoms with Crippen molar-refractivity contribution in [3.63, 3.8) is 0 Å². The highest BCUT2D eigenvalue weighted by Crippen LogP contribution is 2.25. The number of hydrogen-bond donors (Lipinski definition) is 1. The van der Waals surface area contributed by atoms with E-state index in [1.807, 2.05) is 23.1 Å². The van der Waals surface area contributed by atoms with Gasteiger partial charge in [-0.2, -0.15) is 0 Å². The lowest BCUT2D eigenvalue weighted by molar-refractivity contribution is 0.0692. The fourth-order valence-corrected chi connectivity index (χ4v) is 3.42. The fourth-order valence-electron chi connectivity index (χ4n) is 2.21. The molecule has 0 saturated carbocycles. The van der Waals surface area contributed by atoms with Crippen LogP contribution < -0.4 is 5.73 Å². The zero-order valence-electron chi connectivity index (χ0n) is 10.0. The summed E-state index contributed by atoms with van der Waals surface area (Å²) in [7, 11) is 0. The van der Waals surface area contributed by atoms with E-state index >= 15 is 0 Å². The van der Waals surface area contributed by atoms with E-state index in [1.165, 1.54) is 0 Å². The molecule has 1 fully saturated rings. The highest BCUT2D eigenvalue weighted by Gasteiger charge is 2.23. The molecule has 1 heterocycles. The third kappa shape index (κ3) is 3.13. The van der Waals surface area contributed by atoms with E-state index in [0.717, 1.165) is 47.0 Å². The summed E-state index contributed by atoms with van der Waals surface area (Å²) in [5, 5.41) is 0. The quantitative estimate of drug-likeness (QED) is 0.863. The van der Waals surface area contributed by atoms with E-state index in [1.54, 1.807) is 0 Å². The van der Waals surface area contributed by atoms with Gasteiger partial charge >= 0.3 is 0 Å². The van der Waals surface area contributed by atoms with Crippen LogP contribution in [0.1, 0.15) is 23.2 Å². The van der Waals surface area contributed by atoms with Crippen LogP contribution in [0.5, 0.6) is 0 Å². The van der Waals surface area contributed by atoms with Gasteiger partial charge in [0, 0.05) is 22.0 Å². The average Bonchev–Trinajstić information content (AvgIpc) is 2.38. The smallest absolute Gasteiger partial charge is 0.254 e. The van der Waals surface area contributed by atoms with Crippen LogP contribution in [-0.2, 0) is 0 Å². The standard InChI is InChI=1S/C13H16Br2N2O/c14-10-1-2-11(12(15)7-10)13(18)17-5-3-9(8-16)4-6-17/h1-2,7,9H,3-6,8,16H2. The van der Waals surface area contributed by atoms with E-state index in [4.69, 9.17) is 5.73 Å². The predicted octanol–water partition coefficient (Wildman–Crippen LogP) is 3.02. The van der Waals surface area contributed by atoms with Crippen LogP contribution in [-0.4, -0.2) is 30.4 Å². The first-order valence-electron chi connectivity index (χ1n) is 6.06. The molecule has 0 spiro atoms. The summed E-state index contributed by atoms with van der Waals surface area (Å²) in [6.45, 7) is 2.34. The van der Waals surface area contributed by atoms with Gasteiger partial charge in [-0.1, -0.05) is 15.9 Å². The maximum Gasteiger partial charge on any atom is 0.254 e. The van der Waals surface area contributed by atoms with Crippen molar-refractivity contribution < 1.29 is 4.79 Å². The van der Waals surface area contributed by atoms with E-state index in [9.17, 15) is 4.79 Å². The molecular weight excluding hydrogens is 360 g/mol. The molecule has 0 aromatic heterocycles. The Balaban J connectivity index is 2.08. The van der Waals surface area contributed by atoms with Crippen molar-refractivity contribution in [2.24, 2.45) is 11.7 Å². The number of likely N-dealkylation sites (tertiary alicyclic amines) is 1. The second kappa shape index (κ2) is 6.17. The SMILES string of the molecule is NCC1CCN(C(=O)c2ccc(Br)cc2Br)CC1. The van der Waals surface area contributed by atoms with Gasteiger partial charge in [0.05, 0.1) is 5.56 Å². The topological polar surface area (TPSA) is 46.3 Å². The first kappa shape index (κ1) is 14.0. The minimum atomic E-state index is 0.102. The number of carbonyl (C=O) groups is 1. The lowest BCUT2D eigenvalue weighted by Gasteiger charge is -2.31. The molecule has 1 aliphatic heterocycles. The van der Waals surface area contributed by atoms with E-state index in [0.29, 0.717) is 5.92 Å². The molecule has 18 heavy (non-hydrogen) atoms. The Morgan fingerprint density at radius 3 is 2.56 bits per heavy atom. The monoisotopic (exact) mass is 374 g/mol. The Morgan fingerprint density at radius 2 is 2.00 bits per heavy atom. The lowest BCUT2D eigenvalue weighted by Crippen LogP contribution is -2.40. The van der Waals surface area contributed by atoms with Crippen LogP contribution in [0.25, 0.3) is 0 Å². The second-order valence-electron chi connectivity index (χ2n) is 4.60. The molecule has 0 atom stereocenters. The molecule has 1 saturated heterocycles. The largest absolute Gasteiger partial charge is 0.339 e. The summed E-state index contributed by atoms with van der Waals surface area (Å²) in [5.41, 5.74) is 6.39. The normalized spacial score (nSPS) is 16.9. The van der Waals surface area contributed by atoms with Gasteiger partial charge in [-0.3, -0.25) is 4.79 Å². The lowest BCUT2D eigenvalue weighted by atomic mass is 9.96. The van der Waals surface area contributed by atoms with Crippen molar-refractivity contribution in [2.75, 3.05) is 19.6 Å². The number of rotatable bonds is 2. The number of halogens is 2. The average molecular weight is 376 g/mol. The van der Waals surface area contributed by atoms with Gasteiger partial charge in [-0.15, -0.1) is 0 Å². The molecule has 1 aromatic carbocycles. The highest BCUT2D eigenvalue weighted by atomic mass is 79.9.